The van der Waals surface area contributed by atoms with Crippen molar-refractivity contribution in [2.24, 2.45) is 0 Å². The van der Waals surface area contributed by atoms with E-state index in [0.717, 1.165) is 0 Å². The van der Waals surface area contributed by atoms with Crippen LogP contribution >= 0.6 is 0 Å². The van der Waals surface area contributed by atoms with Gasteiger partial charge < -0.3 is 4.57 Å². The van der Waals surface area contributed by atoms with Gasteiger partial charge in [0.15, 0.2) is 0 Å². The molecule has 0 atom stereocenters. The van der Waals surface area contributed by atoms with Gasteiger partial charge in [0.2, 0.25) is 0 Å². The topological polar surface area (TPSA) is 4.93 Å². The third kappa shape index (κ3) is 4.85. The molecule has 1 aromatic heterocycles. The second kappa shape index (κ2) is 13.1. The van der Waals surface area contributed by atoms with Gasteiger partial charge in [-0.05, 0) is 67.3 Å². The summed E-state index contributed by atoms with van der Waals surface area (Å²) in [6.07, 6.45) is 0. The van der Waals surface area contributed by atoms with Gasteiger partial charge in [0, 0.05) is 21.9 Å². The monoisotopic (exact) mass is 479 g/mol. The summed E-state index contributed by atoms with van der Waals surface area (Å²) in [7, 11) is 0. The maximum atomic E-state index is 2.50. The lowest BCUT2D eigenvalue weighted by Crippen LogP contribution is -1.99. The Bertz CT molecular complexity index is 1430. The number of hydrogen-bond donors (Lipinski definition) is 0. The van der Waals surface area contributed by atoms with Crippen molar-refractivity contribution in [3.8, 4) is 27.9 Å². The minimum absolute atomic E-state index is 1.28. The molecule has 0 saturated heterocycles. The van der Waals surface area contributed by atoms with Crippen molar-refractivity contribution in [2.45, 2.75) is 76.2 Å². The van der Waals surface area contributed by atoms with Crippen LogP contribution in [0.1, 0.15) is 72.1 Å². The number of benzene rings is 4. The van der Waals surface area contributed by atoms with Gasteiger partial charge in [0.1, 0.15) is 0 Å². The first-order chi connectivity index (χ1) is 17.6. The first-order valence-corrected chi connectivity index (χ1v) is 13.9. The maximum Gasteiger partial charge on any atom is 0.0620 e. The fourth-order valence-corrected chi connectivity index (χ4v) is 5.09. The van der Waals surface area contributed by atoms with E-state index in [2.05, 4.69) is 98.1 Å². The van der Waals surface area contributed by atoms with E-state index in [1.807, 2.05) is 55.4 Å². The maximum absolute atomic E-state index is 2.50. The second-order valence-electron chi connectivity index (χ2n) is 8.08. The van der Waals surface area contributed by atoms with Crippen molar-refractivity contribution in [2.75, 3.05) is 0 Å². The summed E-state index contributed by atoms with van der Waals surface area (Å²) in [5.74, 6) is 0. The van der Waals surface area contributed by atoms with Gasteiger partial charge in [-0.15, -0.1) is 0 Å². The number of nitrogens with zero attached hydrogens (tertiary/aromatic N) is 1. The Labute approximate surface area is 219 Å². The molecule has 0 amide bonds. The molecule has 0 saturated carbocycles. The third-order valence-corrected chi connectivity index (χ3v) is 6.09. The molecule has 36 heavy (non-hydrogen) atoms. The molecule has 0 fully saturated rings. The van der Waals surface area contributed by atoms with E-state index >= 15 is 0 Å². The molecule has 1 heteroatoms. The quantitative estimate of drug-likeness (QED) is 0.204. The molecule has 0 aliphatic carbocycles. The average molecular weight is 480 g/mol. The largest absolute Gasteiger partial charge is 0.308 e. The molecule has 0 spiro atoms. The third-order valence-electron chi connectivity index (χ3n) is 6.09. The number of fused-ring (bicyclic) bond motifs is 8. The molecule has 0 unspecified atom stereocenters. The molecule has 1 aliphatic heterocycles. The molecule has 1 aliphatic rings. The van der Waals surface area contributed by atoms with Crippen molar-refractivity contribution in [1.29, 1.82) is 0 Å². The fraction of sp³-hybridized carbons (Fsp3) is 0.314. The minimum Gasteiger partial charge on any atom is -0.308 e. The van der Waals surface area contributed by atoms with E-state index < -0.39 is 0 Å². The zero-order valence-electron chi connectivity index (χ0n) is 24.4. The van der Waals surface area contributed by atoms with Crippen LogP contribution in [0.4, 0.5) is 0 Å². The lowest BCUT2D eigenvalue weighted by molar-refractivity contribution is 1.15. The first-order valence-electron chi connectivity index (χ1n) is 13.9. The lowest BCUT2D eigenvalue weighted by atomic mass is 9.91. The fourth-order valence-electron chi connectivity index (χ4n) is 5.09. The molecule has 0 bridgehead atoms. The Balaban J connectivity index is 0.000000523. The molecule has 0 radical (unpaired) electrons. The van der Waals surface area contributed by atoms with Crippen LogP contribution in [0.25, 0.3) is 49.7 Å². The Morgan fingerprint density at radius 2 is 0.972 bits per heavy atom. The van der Waals surface area contributed by atoms with Crippen LogP contribution in [0.5, 0.6) is 0 Å². The number of para-hydroxylation sites is 1. The molecule has 190 valence electrons. The van der Waals surface area contributed by atoms with Gasteiger partial charge in [0.05, 0.1) is 16.7 Å². The van der Waals surface area contributed by atoms with Crippen LogP contribution in [0.3, 0.4) is 0 Å². The van der Waals surface area contributed by atoms with Gasteiger partial charge in [-0.3, -0.25) is 0 Å². The number of rotatable bonds is 0. The van der Waals surface area contributed by atoms with Crippen molar-refractivity contribution in [1.82, 2.24) is 4.57 Å². The van der Waals surface area contributed by atoms with Gasteiger partial charge >= 0.3 is 0 Å². The number of aryl methyl sites for hydroxylation is 3. The van der Waals surface area contributed by atoms with Gasteiger partial charge in [0.25, 0.3) is 0 Å². The average Bonchev–Trinajstić information content (AvgIpc) is 3.19. The predicted octanol–water partition coefficient (Wildman–Crippen LogP) is 11.5. The summed E-state index contributed by atoms with van der Waals surface area (Å²) in [6, 6.07) is 27.0. The van der Waals surface area contributed by atoms with Crippen molar-refractivity contribution >= 4 is 21.8 Å². The van der Waals surface area contributed by atoms with E-state index in [9.17, 15) is 0 Å². The highest BCUT2D eigenvalue weighted by Crippen LogP contribution is 2.47. The summed E-state index contributed by atoms with van der Waals surface area (Å²) in [4.78, 5) is 0. The predicted molar refractivity (Wildman–Crippen MR) is 165 cm³/mol. The summed E-state index contributed by atoms with van der Waals surface area (Å²) in [6.45, 7) is 22.6. The van der Waals surface area contributed by atoms with Crippen molar-refractivity contribution in [3.63, 3.8) is 0 Å². The SMILES string of the molecule is CC.CC.CC.CC.Cc1cc(C)c2c(c1)-c1ccccc1-c1cc(C)cc3c4ccccc4n-2c13. The second-order valence-corrected chi connectivity index (χ2v) is 8.08. The van der Waals surface area contributed by atoms with Crippen LogP contribution in [0.2, 0.25) is 0 Å². The highest BCUT2D eigenvalue weighted by molar-refractivity contribution is 6.16. The van der Waals surface area contributed by atoms with Gasteiger partial charge in [-0.2, -0.15) is 0 Å². The van der Waals surface area contributed by atoms with E-state index in [1.54, 1.807) is 0 Å². The van der Waals surface area contributed by atoms with Crippen LogP contribution < -0.4 is 0 Å². The molecule has 4 aromatic carbocycles. The van der Waals surface area contributed by atoms with Crippen LogP contribution in [0, 0.1) is 20.8 Å². The number of hydrogen-bond acceptors (Lipinski definition) is 0. The Morgan fingerprint density at radius 3 is 1.61 bits per heavy atom. The van der Waals surface area contributed by atoms with E-state index in [0.29, 0.717) is 0 Å². The molecule has 0 N–H and O–H groups in total. The Morgan fingerprint density at radius 1 is 0.472 bits per heavy atom. The van der Waals surface area contributed by atoms with Gasteiger partial charge in [-0.25, -0.2) is 0 Å². The van der Waals surface area contributed by atoms with E-state index in [-0.39, 0.29) is 0 Å². The molecular formula is C35H45N. The highest BCUT2D eigenvalue weighted by atomic mass is 15.0. The lowest BCUT2D eigenvalue weighted by Gasteiger charge is -2.16. The summed E-state index contributed by atoms with van der Waals surface area (Å²) >= 11 is 0. The van der Waals surface area contributed by atoms with Crippen LogP contribution in [0.15, 0.2) is 72.8 Å². The van der Waals surface area contributed by atoms with Gasteiger partial charge in [-0.1, -0.05) is 109 Å². The molecule has 2 heterocycles. The molecule has 6 rings (SSSR count). The highest BCUT2D eigenvalue weighted by Gasteiger charge is 2.25. The summed E-state index contributed by atoms with van der Waals surface area (Å²) in [5.41, 5.74) is 13.1. The summed E-state index contributed by atoms with van der Waals surface area (Å²) in [5, 5.41) is 2.67. The molecular weight excluding hydrogens is 434 g/mol. The number of aromatic nitrogens is 1. The van der Waals surface area contributed by atoms with Crippen molar-refractivity contribution < 1.29 is 0 Å². The minimum atomic E-state index is 1.28. The first kappa shape index (κ1) is 28.9. The zero-order chi connectivity index (χ0) is 27.0. The molecule has 1 nitrogen and oxygen atoms in total. The standard InChI is InChI=1S/C27H21N.4C2H6/c1-16-12-18(3)26-22(13-16)19-8-4-5-9-20(19)23-14-17(2)15-24-21-10-6-7-11-25(21)28(26)27(23)24;4*1-2/h4-15H,1-3H3;4*1-2H3. The normalized spacial score (nSPS) is 10.1. The smallest absolute Gasteiger partial charge is 0.0620 e. The van der Waals surface area contributed by atoms with E-state index in [4.69, 9.17) is 0 Å². The van der Waals surface area contributed by atoms with Crippen LogP contribution in [-0.2, 0) is 0 Å². The van der Waals surface area contributed by atoms with Crippen LogP contribution in [-0.4, -0.2) is 4.57 Å². The summed E-state index contributed by atoms with van der Waals surface area (Å²) < 4.78 is 2.50. The Kier molecular flexibility index (Phi) is 10.5. The molecule has 5 aromatic rings. The zero-order valence-corrected chi connectivity index (χ0v) is 24.4. The van der Waals surface area contributed by atoms with Crippen molar-refractivity contribution in [3.05, 3.63) is 89.5 Å². The Hall–Kier alpha value is -3.32. The van der Waals surface area contributed by atoms with E-state index in [1.165, 1.54) is 66.4 Å².